The number of aromatic amines is 1. The van der Waals surface area contributed by atoms with Gasteiger partial charge in [0.2, 0.25) is 11.7 Å². The lowest BCUT2D eigenvalue weighted by molar-refractivity contribution is -0.167. The molecule has 0 fully saturated rings. The summed E-state index contributed by atoms with van der Waals surface area (Å²) in [6.07, 6.45) is 8.36. The molecule has 0 spiro atoms. The molecular formula is C23H27BrN2O5. The lowest BCUT2D eigenvalue weighted by Crippen LogP contribution is -2.36. The zero-order valence-corrected chi connectivity index (χ0v) is 19.2. The van der Waals surface area contributed by atoms with Crippen LogP contribution in [0, 0.1) is 5.92 Å². The van der Waals surface area contributed by atoms with Gasteiger partial charge in [0.15, 0.2) is 5.76 Å². The number of H-pyrrole nitrogens is 1. The fraction of sp³-hybridized carbons (Fsp3) is 0.391. The summed E-state index contributed by atoms with van der Waals surface area (Å²) in [4.78, 5) is 19.0. The third-order valence-electron chi connectivity index (χ3n) is 4.82. The molecule has 1 aliphatic rings. The molecular weight excluding hydrogens is 464 g/mol. The number of aromatic nitrogens is 1. The van der Waals surface area contributed by atoms with Crippen molar-refractivity contribution in [2.45, 2.75) is 32.5 Å². The van der Waals surface area contributed by atoms with Crippen LogP contribution in [-0.2, 0) is 9.47 Å². The maximum atomic E-state index is 12.1. The molecule has 2 unspecified atom stereocenters. The second-order valence-corrected chi connectivity index (χ2v) is 8.26. The third kappa shape index (κ3) is 5.44. The fourth-order valence-electron chi connectivity index (χ4n) is 3.26. The van der Waals surface area contributed by atoms with Gasteiger partial charge in [-0.05, 0) is 43.2 Å². The van der Waals surface area contributed by atoms with E-state index in [1.54, 1.807) is 30.5 Å². The fourth-order valence-corrected chi connectivity index (χ4v) is 3.62. The molecule has 3 rings (SSSR count). The molecule has 1 aliphatic carbocycles. The van der Waals surface area contributed by atoms with Crippen molar-refractivity contribution in [3.8, 4) is 5.88 Å². The number of halogens is 1. The quantitative estimate of drug-likeness (QED) is 0.279. The molecule has 1 aromatic heterocycles. The number of hydrogen-bond donors (Lipinski definition) is 3. The summed E-state index contributed by atoms with van der Waals surface area (Å²) < 4.78 is 12.1. The normalized spacial score (nSPS) is 21.0. The van der Waals surface area contributed by atoms with Crippen LogP contribution in [0.25, 0.3) is 10.8 Å². The molecule has 8 heteroatoms. The highest BCUT2D eigenvalue weighted by Gasteiger charge is 2.35. The van der Waals surface area contributed by atoms with E-state index in [0.717, 1.165) is 17.3 Å². The van der Waals surface area contributed by atoms with E-state index in [4.69, 9.17) is 9.47 Å². The number of rotatable bonds is 9. The number of ether oxygens (including phenoxy) is 2. The van der Waals surface area contributed by atoms with Crippen molar-refractivity contribution >= 4 is 32.9 Å². The lowest BCUT2D eigenvalue weighted by Gasteiger charge is -2.31. The first-order chi connectivity index (χ1) is 14.9. The Morgan fingerprint density at radius 1 is 1.26 bits per heavy atom. The van der Waals surface area contributed by atoms with Crippen LogP contribution in [0.15, 0.2) is 56.4 Å². The van der Waals surface area contributed by atoms with Crippen molar-refractivity contribution < 1.29 is 19.7 Å². The minimum atomic E-state index is -1.56. The molecule has 0 amide bonds. The van der Waals surface area contributed by atoms with Crippen LogP contribution >= 0.6 is 15.9 Å². The Hall–Kier alpha value is -2.42. The van der Waals surface area contributed by atoms with Crippen LogP contribution < -0.4 is 5.56 Å². The molecule has 166 valence electrons. The van der Waals surface area contributed by atoms with E-state index in [1.165, 1.54) is 0 Å². The first-order valence-electron chi connectivity index (χ1n) is 10.3. The number of aliphatic imine (C=N–C) groups is 1. The number of aliphatic hydroxyl groups is 1. The SMILES string of the molecule is CCCOC1=CC(CN=Cc2c(O)[nH]c(=O)c3ccc(Br)cc23)C=CC1(O)OCCC. The molecule has 1 aromatic carbocycles. The molecule has 7 nitrogen and oxygen atoms in total. The summed E-state index contributed by atoms with van der Waals surface area (Å²) in [6, 6.07) is 5.23. The largest absolute Gasteiger partial charge is 0.494 e. The van der Waals surface area contributed by atoms with Crippen molar-refractivity contribution in [1.82, 2.24) is 4.98 Å². The first-order valence-corrected chi connectivity index (χ1v) is 11.1. The second-order valence-electron chi connectivity index (χ2n) is 7.35. The van der Waals surface area contributed by atoms with Crippen LogP contribution in [0.5, 0.6) is 5.88 Å². The predicted molar refractivity (Wildman–Crippen MR) is 125 cm³/mol. The number of fused-ring (bicyclic) bond motifs is 1. The number of aromatic hydroxyl groups is 1. The summed E-state index contributed by atoms with van der Waals surface area (Å²) in [5.74, 6) is -1.54. The molecule has 2 atom stereocenters. The van der Waals surface area contributed by atoms with Gasteiger partial charge >= 0.3 is 0 Å². The topological polar surface area (TPSA) is 104 Å². The van der Waals surface area contributed by atoms with Crippen LogP contribution in [0.1, 0.15) is 32.3 Å². The maximum absolute atomic E-state index is 12.1. The van der Waals surface area contributed by atoms with Crippen LogP contribution in [0.3, 0.4) is 0 Å². The van der Waals surface area contributed by atoms with Gasteiger partial charge in [-0.2, -0.15) is 0 Å². The van der Waals surface area contributed by atoms with Crippen molar-refractivity contribution in [2.24, 2.45) is 10.9 Å². The van der Waals surface area contributed by atoms with E-state index in [9.17, 15) is 15.0 Å². The number of hydrogen-bond acceptors (Lipinski definition) is 6. The summed E-state index contributed by atoms with van der Waals surface area (Å²) in [5, 5.41) is 22.1. The summed E-state index contributed by atoms with van der Waals surface area (Å²) in [6.45, 7) is 5.21. The highest BCUT2D eigenvalue weighted by molar-refractivity contribution is 9.10. The van der Waals surface area contributed by atoms with E-state index in [-0.39, 0.29) is 17.4 Å². The van der Waals surface area contributed by atoms with Gasteiger partial charge in [-0.15, -0.1) is 0 Å². The average molecular weight is 491 g/mol. The molecule has 3 N–H and O–H groups in total. The van der Waals surface area contributed by atoms with Crippen LogP contribution in [0.2, 0.25) is 0 Å². The van der Waals surface area contributed by atoms with E-state index in [2.05, 4.69) is 25.9 Å². The zero-order valence-electron chi connectivity index (χ0n) is 17.6. The molecule has 1 heterocycles. The van der Waals surface area contributed by atoms with Gasteiger partial charge < -0.3 is 19.7 Å². The Kier molecular flexibility index (Phi) is 7.69. The van der Waals surface area contributed by atoms with Gasteiger partial charge in [0, 0.05) is 33.9 Å². The number of nitrogens with zero attached hydrogens (tertiary/aromatic N) is 1. The van der Waals surface area contributed by atoms with E-state index in [0.29, 0.717) is 41.9 Å². The predicted octanol–water partition coefficient (Wildman–Crippen LogP) is 4.03. The van der Waals surface area contributed by atoms with Crippen molar-refractivity contribution in [1.29, 1.82) is 0 Å². The molecule has 2 aromatic rings. The Morgan fingerprint density at radius 3 is 2.77 bits per heavy atom. The van der Waals surface area contributed by atoms with Crippen molar-refractivity contribution in [3.05, 3.63) is 62.6 Å². The minimum absolute atomic E-state index is 0.114. The highest BCUT2D eigenvalue weighted by Crippen LogP contribution is 2.29. The van der Waals surface area contributed by atoms with Gasteiger partial charge in [0.05, 0.1) is 18.8 Å². The number of benzene rings is 1. The zero-order chi connectivity index (χ0) is 22.4. The maximum Gasteiger partial charge on any atom is 0.258 e. The average Bonchev–Trinajstić information content (AvgIpc) is 2.74. The van der Waals surface area contributed by atoms with Gasteiger partial charge in [-0.25, -0.2) is 0 Å². The van der Waals surface area contributed by atoms with Crippen molar-refractivity contribution in [3.63, 3.8) is 0 Å². The molecule has 0 radical (unpaired) electrons. The van der Waals surface area contributed by atoms with E-state index in [1.807, 2.05) is 26.0 Å². The van der Waals surface area contributed by atoms with E-state index >= 15 is 0 Å². The van der Waals surface area contributed by atoms with Gasteiger partial charge in [0.1, 0.15) is 0 Å². The van der Waals surface area contributed by atoms with Gasteiger partial charge in [-0.3, -0.25) is 14.8 Å². The minimum Gasteiger partial charge on any atom is -0.494 e. The monoisotopic (exact) mass is 490 g/mol. The third-order valence-corrected chi connectivity index (χ3v) is 5.31. The van der Waals surface area contributed by atoms with Crippen LogP contribution in [0.4, 0.5) is 0 Å². The summed E-state index contributed by atoms with van der Waals surface area (Å²) in [5.41, 5.74) is 0.0734. The molecule has 0 saturated heterocycles. The second kappa shape index (κ2) is 10.3. The molecule has 0 aliphatic heterocycles. The van der Waals surface area contributed by atoms with Gasteiger partial charge in [-0.1, -0.05) is 35.9 Å². The highest BCUT2D eigenvalue weighted by atomic mass is 79.9. The summed E-state index contributed by atoms with van der Waals surface area (Å²) >= 11 is 3.40. The van der Waals surface area contributed by atoms with Gasteiger partial charge in [0.25, 0.3) is 5.56 Å². The Labute approximate surface area is 189 Å². The summed E-state index contributed by atoms with van der Waals surface area (Å²) in [7, 11) is 0. The number of pyridine rings is 1. The Morgan fingerprint density at radius 2 is 2.03 bits per heavy atom. The van der Waals surface area contributed by atoms with Crippen LogP contribution in [-0.4, -0.2) is 47.0 Å². The van der Waals surface area contributed by atoms with Crippen molar-refractivity contribution in [2.75, 3.05) is 19.8 Å². The Bertz CT molecular complexity index is 1080. The molecule has 31 heavy (non-hydrogen) atoms. The lowest BCUT2D eigenvalue weighted by atomic mass is 9.98. The number of nitrogens with one attached hydrogen (secondary N) is 1. The molecule has 0 bridgehead atoms. The smallest absolute Gasteiger partial charge is 0.258 e. The standard InChI is InChI=1S/C23H27BrN2O5/c1-3-9-30-20-11-15(7-8-23(20,29)31-10-4-2)13-25-14-19-18-12-16(24)5-6-17(18)21(27)26-22(19)28/h5-8,11-12,14-15,29H,3-4,9-10,13H2,1-2H3,(H2,26,27,28). The Balaban J connectivity index is 1.82. The molecule has 0 saturated carbocycles. The van der Waals surface area contributed by atoms with E-state index < -0.39 is 5.79 Å². The first kappa shape index (κ1) is 23.2.